The molecule has 3 heteroatoms. The van der Waals surface area contributed by atoms with Crippen LogP contribution >= 0.6 is 0 Å². The molecule has 0 saturated heterocycles. The van der Waals surface area contributed by atoms with Crippen molar-refractivity contribution in [3.05, 3.63) is 227 Å². The predicted octanol–water partition coefficient (Wildman–Crippen LogP) is 14.4. The van der Waals surface area contributed by atoms with Gasteiger partial charge >= 0.3 is 0 Å². The summed E-state index contributed by atoms with van der Waals surface area (Å²) in [7, 11) is 0. The first-order valence-electron chi connectivity index (χ1n) is 20.7. The highest BCUT2D eigenvalue weighted by Gasteiger charge is 2.26. The third-order valence-corrected chi connectivity index (χ3v) is 12.3. The van der Waals surface area contributed by atoms with Gasteiger partial charge in [-0.2, -0.15) is 0 Å². The summed E-state index contributed by atoms with van der Waals surface area (Å²) in [6, 6.07) is 65.7. The maximum Gasteiger partial charge on any atom is 0.138 e. The van der Waals surface area contributed by atoms with Crippen molar-refractivity contribution in [2.45, 2.75) is 32.1 Å². The van der Waals surface area contributed by atoms with Gasteiger partial charge in [0.1, 0.15) is 17.0 Å². The van der Waals surface area contributed by atoms with Crippen molar-refractivity contribution in [1.82, 2.24) is 5.32 Å². The van der Waals surface area contributed by atoms with Crippen molar-refractivity contribution >= 4 is 49.9 Å². The molecule has 2 heterocycles. The van der Waals surface area contributed by atoms with Gasteiger partial charge < -0.3 is 9.73 Å². The second-order valence-electron chi connectivity index (χ2n) is 15.9. The second-order valence-corrected chi connectivity index (χ2v) is 15.9. The van der Waals surface area contributed by atoms with Crippen LogP contribution in [0.3, 0.4) is 0 Å². The molecule has 0 bridgehead atoms. The van der Waals surface area contributed by atoms with Crippen LogP contribution in [-0.2, 0) is 6.42 Å². The molecule has 0 spiro atoms. The lowest BCUT2D eigenvalue weighted by Gasteiger charge is -2.21. The SMILES string of the molecule is CC1=C(c2ccccc2)N=C(c2ccccc2)NC(c2cccc3oc4ccc(-c5ccc6c(c5)-c5ccccc5CCC6c5cccc6ccccc56)cc4c23)=CC1. The van der Waals surface area contributed by atoms with Crippen LogP contribution in [0.25, 0.3) is 66.4 Å². The van der Waals surface area contributed by atoms with Crippen LogP contribution in [-0.4, -0.2) is 5.84 Å². The summed E-state index contributed by atoms with van der Waals surface area (Å²) in [4.78, 5) is 5.33. The number of hydrogen-bond donors (Lipinski definition) is 1. The lowest BCUT2D eigenvalue weighted by molar-refractivity contribution is 0.669. The van der Waals surface area contributed by atoms with Crippen molar-refractivity contribution in [2.24, 2.45) is 4.99 Å². The first-order chi connectivity index (χ1) is 29.2. The molecule has 8 aromatic carbocycles. The smallest absolute Gasteiger partial charge is 0.138 e. The molecule has 2 aliphatic rings. The van der Waals surface area contributed by atoms with Crippen molar-refractivity contribution in [3.8, 4) is 22.3 Å². The number of nitrogens with zero attached hydrogens (tertiary/aromatic N) is 1. The predicted molar refractivity (Wildman–Crippen MR) is 246 cm³/mol. The molecule has 11 rings (SSSR count). The van der Waals surface area contributed by atoms with Crippen LogP contribution in [0.5, 0.6) is 0 Å². The quantitative estimate of drug-likeness (QED) is 0.190. The molecule has 3 nitrogen and oxygen atoms in total. The van der Waals surface area contributed by atoms with Crippen molar-refractivity contribution in [2.75, 3.05) is 0 Å². The second kappa shape index (κ2) is 14.6. The number of rotatable bonds is 5. The lowest BCUT2D eigenvalue weighted by Crippen LogP contribution is -2.24. The maximum atomic E-state index is 6.60. The first-order valence-corrected chi connectivity index (χ1v) is 20.7. The van der Waals surface area contributed by atoms with E-state index >= 15 is 0 Å². The third-order valence-electron chi connectivity index (χ3n) is 12.3. The van der Waals surface area contributed by atoms with Gasteiger partial charge in [0, 0.05) is 39.1 Å². The number of fused-ring (bicyclic) bond motifs is 7. The highest BCUT2D eigenvalue weighted by atomic mass is 16.3. The number of furan rings is 1. The molecule has 1 aliphatic heterocycles. The minimum Gasteiger partial charge on any atom is -0.456 e. The van der Waals surface area contributed by atoms with Crippen molar-refractivity contribution in [3.63, 3.8) is 0 Å². The van der Waals surface area contributed by atoms with E-state index in [1.165, 1.54) is 55.3 Å². The van der Waals surface area contributed by atoms with Gasteiger partial charge in [-0.3, -0.25) is 0 Å². The van der Waals surface area contributed by atoms with E-state index in [1.54, 1.807) is 0 Å². The molecule has 282 valence electrons. The molecular formula is C56H42N2O. The Morgan fingerprint density at radius 1 is 0.542 bits per heavy atom. The van der Waals surface area contributed by atoms with E-state index in [0.717, 1.165) is 75.1 Å². The molecule has 9 aromatic rings. The summed E-state index contributed by atoms with van der Waals surface area (Å²) in [6.45, 7) is 2.19. The van der Waals surface area contributed by atoms with E-state index in [9.17, 15) is 0 Å². The summed E-state index contributed by atoms with van der Waals surface area (Å²) < 4.78 is 6.60. The molecule has 0 fully saturated rings. The van der Waals surface area contributed by atoms with E-state index < -0.39 is 0 Å². The molecule has 0 amide bonds. The van der Waals surface area contributed by atoms with Crippen LogP contribution in [0, 0.1) is 0 Å². The van der Waals surface area contributed by atoms with Crippen LogP contribution < -0.4 is 5.32 Å². The molecule has 1 unspecified atom stereocenters. The molecule has 1 N–H and O–H groups in total. The number of benzene rings is 8. The largest absolute Gasteiger partial charge is 0.456 e. The van der Waals surface area contributed by atoms with Gasteiger partial charge in [-0.05, 0) is 106 Å². The molecule has 1 aromatic heterocycles. The number of amidine groups is 1. The molecular weight excluding hydrogens is 717 g/mol. The minimum atomic E-state index is 0.288. The summed E-state index contributed by atoms with van der Waals surface area (Å²) in [5, 5.41) is 8.64. The Bertz CT molecular complexity index is 3160. The molecule has 1 atom stereocenters. The highest BCUT2D eigenvalue weighted by molar-refractivity contribution is 6.14. The third kappa shape index (κ3) is 6.27. The summed E-state index contributed by atoms with van der Waals surface area (Å²) >= 11 is 0. The number of aliphatic imine (C=N–C) groups is 1. The Labute approximate surface area is 344 Å². The Morgan fingerprint density at radius 2 is 1.25 bits per heavy atom. The molecule has 0 saturated carbocycles. The van der Waals surface area contributed by atoms with Crippen LogP contribution in [0.4, 0.5) is 0 Å². The Morgan fingerprint density at radius 3 is 2.14 bits per heavy atom. The fourth-order valence-corrected chi connectivity index (χ4v) is 9.42. The Hall–Kier alpha value is -7.23. The number of nitrogens with one attached hydrogen (secondary N) is 1. The van der Waals surface area contributed by atoms with Gasteiger partial charge in [0.05, 0.1) is 5.70 Å². The lowest BCUT2D eigenvalue weighted by atomic mass is 9.82. The Kier molecular flexibility index (Phi) is 8.66. The van der Waals surface area contributed by atoms with Gasteiger partial charge in [0.25, 0.3) is 0 Å². The first kappa shape index (κ1) is 35.0. The van der Waals surface area contributed by atoms with Gasteiger partial charge in [-0.15, -0.1) is 0 Å². The number of hydrogen-bond acceptors (Lipinski definition) is 3. The van der Waals surface area contributed by atoms with E-state index in [0.29, 0.717) is 0 Å². The zero-order valence-electron chi connectivity index (χ0n) is 33.0. The maximum absolute atomic E-state index is 6.60. The monoisotopic (exact) mass is 758 g/mol. The van der Waals surface area contributed by atoms with Crippen LogP contribution in [0.15, 0.2) is 203 Å². The summed E-state index contributed by atoms with van der Waals surface area (Å²) in [5.41, 5.74) is 17.4. The summed E-state index contributed by atoms with van der Waals surface area (Å²) in [6.07, 6.45) is 5.17. The molecule has 0 radical (unpaired) electrons. The van der Waals surface area contributed by atoms with E-state index in [4.69, 9.17) is 9.41 Å². The van der Waals surface area contributed by atoms with Gasteiger partial charge in [-0.1, -0.05) is 164 Å². The average molecular weight is 759 g/mol. The van der Waals surface area contributed by atoms with E-state index in [1.807, 2.05) is 6.07 Å². The van der Waals surface area contributed by atoms with Crippen molar-refractivity contribution < 1.29 is 4.42 Å². The number of allylic oxidation sites excluding steroid dienone is 2. The van der Waals surface area contributed by atoms with Crippen LogP contribution in [0.1, 0.15) is 59.1 Å². The highest BCUT2D eigenvalue weighted by Crippen LogP contribution is 2.45. The summed E-state index contributed by atoms with van der Waals surface area (Å²) in [5.74, 6) is 1.10. The fraction of sp³-hybridized carbons (Fsp3) is 0.0893. The van der Waals surface area contributed by atoms with Gasteiger partial charge in [-0.25, -0.2) is 4.99 Å². The molecule has 1 aliphatic carbocycles. The van der Waals surface area contributed by atoms with Crippen molar-refractivity contribution in [1.29, 1.82) is 0 Å². The fourth-order valence-electron chi connectivity index (χ4n) is 9.42. The zero-order valence-corrected chi connectivity index (χ0v) is 33.0. The standard InChI is InChI=1S/C56H42N2O/c1-36-26-32-51(57-56(40-18-6-3-7-19-40)58-55(36)39-16-4-2-5-17-39)48-24-13-25-53-54(48)50-35-42(29-33-52(50)59-53)41-28-31-47-46(45-23-12-20-37-14-8-10-21-43(37)45)30-27-38-15-9-11-22-44(38)49(47)34-41/h2-25,28-29,31-35,46H,26-27,30H2,1H3,(H,57,58). The van der Waals surface area contributed by atoms with Gasteiger partial charge in [0.15, 0.2) is 0 Å². The zero-order chi connectivity index (χ0) is 39.3. The molecule has 59 heavy (non-hydrogen) atoms. The van der Waals surface area contributed by atoms with Crippen LogP contribution in [0.2, 0.25) is 0 Å². The average Bonchev–Trinajstić information content (AvgIpc) is 3.59. The Balaban J connectivity index is 1.04. The van der Waals surface area contributed by atoms with E-state index in [2.05, 4.69) is 194 Å². The van der Waals surface area contributed by atoms with E-state index in [-0.39, 0.29) is 5.92 Å². The topological polar surface area (TPSA) is 37.5 Å². The number of aryl methyl sites for hydroxylation is 1. The normalized spacial score (nSPS) is 15.4. The minimum absolute atomic E-state index is 0.288. The van der Waals surface area contributed by atoms with Gasteiger partial charge in [0.2, 0.25) is 0 Å².